The number of allylic oxidation sites excluding steroid dienone is 2. The maximum absolute atomic E-state index is 5.95. The molecule has 0 N–H and O–H groups in total. The van der Waals surface area contributed by atoms with Gasteiger partial charge in [0.2, 0.25) is 0 Å². The molecule has 0 spiro atoms. The van der Waals surface area contributed by atoms with Gasteiger partial charge in [-0.25, -0.2) is 0 Å². The first kappa shape index (κ1) is 13.5. The summed E-state index contributed by atoms with van der Waals surface area (Å²) in [5.74, 6) is 0.350. The van der Waals surface area contributed by atoms with Gasteiger partial charge in [0.25, 0.3) is 0 Å². The Hall–Kier alpha value is -0.600. The fourth-order valence-electron chi connectivity index (χ4n) is 2.14. The fourth-order valence-corrected chi connectivity index (χ4v) is 2.14. The first-order chi connectivity index (χ1) is 7.40. The Kier molecular flexibility index (Phi) is 4.34. The molecule has 2 heteroatoms. The summed E-state index contributed by atoms with van der Waals surface area (Å²) in [7, 11) is 1.67. The molecule has 1 aliphatic rings. The number of ether oxygens (including phenoxy) is 2. The highest BCUT2D eigenvalue weighted by atomic mass is 16.7. The van der Waals surface area contributed by atoms with Crippen LogP contribution in [0.1, 0.15) is 40.5 Å². The van der Waals surface area contributed by atoms with Gasteiger partial charge in [0.05, 0.1) is 5.60 Å². The van der Waals surface area contributed by atoms with Crippen LogP contribution < -0.4 is 0 Å². The average molecular weight is 224 g/mol. The number of hydrogen-bond acceptors (Lipinski definition) is 2. The van der Waals surface area contributed by atoms with Crippen molar-refractivity contribution in [3.8, 4) is 0 Å². The Labute approximate surface area is 99.3 Å². The molecule has 92 valence electrons. The molecule has 0 aliphatic carbocycles. The second kappa shape index (κ2) is 5.15. The van der Waals surface area contributed by atoms with E-state index in [-0.39, 0.29) is 11.9 Å². The Bertz CT molecular complexity index is 289. The summed E-state index contributed by atoms with van der Waals surface area (Å²) in [5, 5.41) is 0. The van der Waals surface area contributed by atoms with Crippen LogP contribution in [0.3, 0.4) is 0 Å². The SMILES string of the molecule is C=C1C(OC)O[C@@](C)(CCC=C(C)C)[C@H]1C. The fraction of sp³-hybridized carbons (Fsp3) is 0.714. The van der Waals surface area contributed by atoms with E-state index >= 15 is 0 Å². The molecule has 0 saturated carbocycles. The van der Waals surface area contributed by atoms with Gasteiger partial charge < -0.3 is 9.47 Å². The normalized spacial score (nSPS) is 34.2. The maximum atomic E-state index is 5.95. The van der Waals surface area contributed by atoms with Crippen molar-refractivity contribution in [1.29, 1.82) is 0 Å². The lowest BCUT2D eigenvalue weighted by Crippen LogP contribution is -2.30. The summed E-state index contributed by atoms with van der Waals surface area (Å²) in [6, 6.07) is 0. The third-order valence-electron chi connectivity index (χ3n) is 3.56. The molecule has 0 aromatic heterocycles. The summed E-state index contributed by atoms with van der Waals surface area (Å²) in [6.07, 6.45) is 4.08. The summed E-state index contributed by atoms with van der Waals surface area (Å²) < 4.78 is 11.2. The Balaban J connectivity index is 2.64. The second-order valence-corrected chi connectivity index (χ2v) is 5.11. The van der Waals surface area contributed by atoms with E-state index in [1.807, 2.05) is 0 Å². The van der Waals surface area contributed by atoms with Crippen molar-refractivity contribution >= 4 is 0 Å². The molecule has 1 heterocycles. The lowest BCUT2D eigenvalue weighted by Gasteiger charge is -2.27. The van der Waals surface area contributed by atoms with Crippen molar-refractivity contribution in [3.63, 3.8) is 0 Å². The molecular weight excluding hydrogens is 200 g/mol. The quantitative estimate of drug-likeness (QED) is 0.678. The van der Waals surface area contributed by atoms with Crippen molar-refractivity contribution < 1.29 is 9.47 Å². The van der Waals surface area contributed by atoms with Gasteiger partial charge in [-0.2, -0.15) is 0 Å². The van der Waals surface area contributed by atoms with Crippen LogP contribution in [-0.2, 0) is 9.47 Å². The molecule has 0 aromatic rings. The van der Waals surface area contributed by atoms with Crippen LogP contribution in [0.4, 0.5) is 0 Å². The molecule has 0 amide bonds. The van der Waals surface area contributed by atoms with E-state index in [9.17, 15) is 0 Å². The van der Waals surface area contributed by atoms with Crippen molar-refractivity contribution in [2.24, 2.45) is 5.92 Å². The monoisotopic (exact) mass is 224 g/mol. The first-order valence-electron chi connectivity index (χ1n) is 5.93. The van der Waals surface area contributed by atoms with E-state index in [1.54, 1.807) is 7.11 Å². The van der Waals surface area contributed by atoms with Crippen molar-refractivity contribution in [1.82, 2.24) is 0 Å². The Morgan fingerprint density at radius 2 is 2.19 bits per heavy atom. The van der Waals surface area contributed by atoms with Crippen LogP contribution in [0.2, 0.25) is 0 Å². The molecule has 1 fully saturated rings. The van der Waals surface area contributed by atoms with Crippen LogP contribution in [0.5, 0.6) is 0 Å². The molecule has 1 rings (SSSR count). The third-order valence-corrected chi connectivity index (χ3v) is 3.56. The maximum Gasteiger partial charge on any atom is 0.180 e. The molecule has 1 unspecified atom stereocenters. The van der Waals surface area contributed by atoms with Gasteiger partial charge in [0.15, 0.2) is 6.29 Å². The summed E-state index contributed by atoms with van der Waals surface area (Å²) >= 11 is 0. The van der Waals surface area contributed by atoms with Crippen molar-refractivity contribution in [3.05, 3.63) is 23.8 Å². The molecule has 3 atom stereocenters. The van der Waals surface area contributed by atoms with Gasteiger partial charge in [-0.1, -0.05) is 25.2 Å². The van der Waals surface area contributed by atoms with Gasteiger partial charge in [-0.3, -0.25) is 0 Å². The minimum atomic E-state index is -0.230. The predicted octanol–water partition coefficient (Wildman–Crippen LogP) is 3.69. The second-order valence-electron chi connectivity index (χ2n) is 5.11. The highest BCUT2D eigenvalue weighted by Gasteiger charge is 2.44. The van der Waals surface area contributed by atoms with E-state index in [0.29, 0.717) is 5.92 Å². The van der Waals surface area contributed by atoms with E-state index in [2.05, 4.69) is 40.3 Å². The zero-order chi connectivity index (χ0) is 12.3. The molecule has 0 bridgehead atoms. The van der Waals surface area contributed by atoms with Crippen LogP contribution in [0, 0.1) is 5.92 Å². The van der Waals surface area contributed by atoms with E-state index in [4.69, 9.17) is 9.47 Å². The Morgan fingerprint density at radius 3 is 2.62 bits per heavy atom. The molecule has 2 nitrogen and oxygen atoms in total. The largest absolute Gasteiger partial charge is 0.352 e. The molecule has 1 aliphatic heterocycles. The minimum Gasteiger partial charge on any atom is -0.352 e. The lowest BCUT2D eigenvalue weighted by atomic mass is 9.84. The molecule has 1 saturated heterocycles. The van der Waals surface area contributed by atoms with Crippen molar-refractivity contribution in [2.75, 3.05) is 7.11 Å². The predicted molar refractivity (Wildman–Crippen MR) is 67.3 cm³/mol. The molecule has 0 radical (unpaired) electrons. The Morgan fingerprint density at radius 1 is 1.56 bits per heavy atom. The minimum absolute atomic E-state index is 0.135. The number of hydrogen-bond donors (Lipinski definition) is 0. The van der Waals surface area contributed by atoms with Crippen LogP contribution in [0.25, 0.3) is 0 Å². The van der Waals surface area contributed by atoms with E-state index in [0.717, 1.165) is 18.4 Å². The first-order valence-corrected chi connectivity index (χ1v) is 5.93. The standard InChI is InChI=1S/C14H24O2/c1-10(2)8-7-9-14(5)12(4)11(3)13(15-6)16-14/h8,12-13H,3,7,9H2,1-2,4-6H3/t12-,13?,14-/m0/s1. The van der Waals surface area contributed by atoms with Gasteiger partial charge >= 0.3 is 0 Å². The van der Waals surface area contributed by atoms with Crippen LogP contribution >= 0.6 is 0 Å². The summed E-state index contributed by atoms with van der Waals surface area (Å²) in [4.78, 5) is 0. The zero-order valence-corrected chi connectivity index (χ0v) is 11.2. The van der Waals surface area contributed by atoms with Gasteiger partial charge in [-0.05, 0) is 39.2 Å². The topological polar surface area (TPSA) is 18.5 Å². The number of rotatable bonds is 4. The highest BCUT2D eigenvalue weighted by molar-refractivity contribution is 5.15. The van der Waals surface area contributed by atoms with Crippen LogP contribution in [-0.4, -0.2) is 19.0 Å². The summed E-state index contributed by atoms with van der Waals surface area (Å²) in [5.41, 5.74) is 2.28. The molecule has 16 heavy (non-hydrogen) atoms. The van der Waals surface area contributed by atoms with Gasteiger partial charge in [0, 0.05) is 13.0 Å². The van der Waals surface area contributed by atoms with Crippen LogP contribution in [0.15, 0.2) is 23.8 Å². The molecular formula is C14H24O2. The molecule has 0 aromatic carbocycles. The summed E-state index contributed by atoms with van der Waals surface area (Å²) in [6.45, 7) is 12.6. The lowest BCUT2D eigenvalue weighted by molar-refractivity contribution is -0.146. The van der Waals surface area contributed by atoms with Gasteiger partial charge in [0.1, 0.15) is 0 Å². The van der Waals surface area contributed by atoms with E-state index < -0.39 is 0 Å². The average Bonchev–Trinajstić information content (AvgIpc) is 2.43. The highest BCUT2D eigenvalue weighted by Crippen LogP contribution is 2.42. The number of methoxy groups -OCH3 is 1. The van der Waals surface area contributed by atoms with Crippen molar-refractivity contribution in [2.45, 2.75) is 52.4 Å². The third kappa shape index (κ3) is 2.74. The van der Waals surface area contributed by atoms with E-state index in [1.165, 1.54) is 5.57 Å². The smallest absolute Gasteiger partial charge is 0.180 e. The zero-order valence-electron chi connectivity index (χ0n) is 11.2. The van der Waals surface area contributed by atoms with Gasteiger partial charge in [-0.15, -0.1) is 0 Å².